The van der Waals surface area contributed by atoms with Crippen LogP contribution < -0.4 is 16.0 Å². The number of furan rings is 1. The molecule has 4 aromatic rings. The lowest BCUT2D eigenvalue weighted by atomic mass is 10.0. The Kier molecular flexibility index (Phi) is 4.31. The molecule has 0 atom stereocenters. The van der Waals surface area contributed by atoms with Crippen molar-refractivity contribution in [3.63, 3.8) is 0 Å². The molecule has 1 N–H and O–H groups in total. The summed E-state index contributed by atoms with van der Waals surface area (Å²) >= 11 is 0. The normalized spacial score (nSPS) is 13.7. The van der Waals surface area contributed by atoms with Crippen LogP contribution in [0, 0.1) is 19.8 Å². The van der Waals surface area contributed by atoms with Crippen LogP contribution in [0.2, 0.25) is 0 Å². The molecule has 0 unspecified atom stereocenters. The van der Waals surface area contributed by atoms with Crippen molar-refractivity contribution in [2.75, 3.05) is 0 Å². The first-order valence-electron chi connectivity index (χ1n) is 9.96. The molecule has 1 aromatic carbocycles. The number of benzene rings is 1. The van der Waals surface area contributed by atoms with Gasteiger partial charge in [0.15, 0.2) is 0 Å². The lowest BCUT2D eigenvalue weighted by Crippen LogP contribution is -2.33. The van der Waals surface area contributed by atoms with E-state index in [0.717, 1.165) is 29.4 Å². The van der Waals surface area contributed by atoms with E-state index in [4.69, 9.17) is 9.15 Å². The number of rotatable bonds is 5. The van der Waals surface area contributed by atoms with Gasteiger partial charge in [-0.1, -0.05) is 0 Å². The smallest absolute Gasteiger partial charge is 0.328 e. The van der Waals surface area contributed by atoms with Crippen LogP contribution in [-0.2, 0) is 6.54 Å². The van der Waals surface area contributed by atoms with Crippen LogP contribution in [0.25, 0.3) is 22.2 Å². The maximum atomic E-state index is 12.5. The summed E-state index contributed by atoms with van der Waals surface area (Å²) in [6, 6.07) is 9.21. The first kappa shape index (κ1) is 18.4. The van der Waals surface area contributed by atoms with Gasteiger partial charge in [-0.2, -0.15) is 0 Å². The quantitative estimate of drug-likeness (QED) is 0.540. The molecule has 7 nitrogen and oxygen atoms in total. The largest absolute Gasteiger partial charge is 0.464 e. The predicted octanol–water partition coefficient (Wildman–Crippen LogP) is 4.16. The van der Waals surface area contributed by atoms with Gasteiger partial charge >= 0.3 is 5.69 Å². The van der Waals surface area contributed by atoms with E-state index in [1.165, 1.54) is 0 Å². The Labute approximate surface area is 172 Å². The standard InChI is InChI=1S/C23H21N3O4/c1-13-11-16(30-22-18-8-10-29-19(18)7-9-24-22)5-6-17(13)20-14(2)21(27)25-23(28)26(20)12-15-3-4-15/h5-11,15H,3-4,12H2,1-2H3,(H,25,27,28). The van der Waals surface area contributed by atoms with Gasteiger partial charge in [-0.3, -0.25) is 14.3 Å². The fraction of sp³-hybridized carbons (Fsp3) is 0.261. The van der Waals surface area contributed by atoms with Crippen molar-refractivity contribution in [2.24, 2.45) is 5.92 Å². The Morgan fingerprint density at radius 2 is 2.03 bits per heavy atom. The highest BCUT2D eigenvalue weighted by molar-refractivity contribution is 5.82. The SMILES string of the molecule is Cc1cc(Oc2nccc3occc23)ccc1-c1c(C)c(=O)[nH]c(=O)n1CC1CC1. The van der Waals surface area contributed by atoms with Gasteiger partial charge in [-0.25, -0.2) is 9.78 Å². The van der Waals surface area contributed by atoms with Gasteiger partial charge in [0.05, 0.1) is 17.3 Å². The van der Waals surface area contributed by atoms with Crippen molar-refractivity contribution in [1.82, 2.24) is 14.5 Å². The summed E-state index contributed by atoms with van der Waals surface area (Å²) in [7, 11) is 0. The minimum Gasteiger partial charge on any atom is -0.464 e. The van der Waals surface area contributed by atoms with Gasteiger partial charge in [0, 0.05) is 23.9 Å². The van der Waals surface area contributed by atoms with E-state index in [1.807, 2.05) is 31.2 Å². The fourth-order valence-electron chi connectivity index (χ4n) is 3.78. The first-order valence-corrected chi connectivity index (χ1v) is 9.96. The molecular formula is C23H21N3O4. The number of nitrogens with one attached hydrogen (secondary N) is 1. The van der Waals surface area contributed by atoms with Gasteiger partial charge in [0.1, 0.15) is 11.3 Å². The van der Waals surface area contributed by atoms with E-state index < -0.39 is 0 Å². The highest BCUT2D eigenvalue weighted by Crippen LogP contribution is 2.34. The van der Waals surface area contributed by atoms with Crippen molar-refractivity contribution in [3.8, 4) is 22.9 Å². The summed E-state index contributed by atoms with van der Waals surface area (Å²) in [6.07, 6.45) is 5.46. The summed E-state index contributed by atoms with van der Waals surface area (Å²) in [5, 5.41) is 0.794. The van der Waals surface area contributed by atoms with Gasteiger partial charge in [0.25, 0.3) is 5.56 Å². The molecule has 5 rings (SSSR count). The zero-order chi connectivity index (χ0) is 20.8. The second-order valence-corrected chi connectivity index (χ2v) is 7.81. The van der Waals surface area contributed by atoms with Crippen molar-refractivity contribution < 1.29 is 9.15 Å². The zero-order valence-corrected chi connectivity index (χ0v) is 16.8. The van der Waals surface area contributed by atoms with Crippen LogP contribution in [0.3, 0.4) is 0 Å². The van der Waals surface area contributed by atoms with Gasteiger partial charge in [-0.05, 0) is 68.5 Å². The number of hydrogen-bond acceptors (Lipinski definition) is 5. The Morgan fingerprint density at radius 3 is 2.80 bits per heavy atom. The van der Waals surface area contributed by atoms with Gasteiger partial charge < -0.3 is 9.15 Å². The number of nitrogens with zero attached hydrogens (tertiary/aromatic N) is 2. The molecule has 0 amide bonds. The Balaban J connectivity index is 1.56. The zero-order valence-electron chi connectivity index (χ0n) is 16.8. The molecule has 152 valence electrons. The number of ether oxygens (including phenoxy) is 1. The van der Waals surface area contributed by atoms with Crippen LogP contribution in [-0.4, -0.2) is 14.5 Å². The van der Waals surface area contributed by atoms with Crippen molar-refractivity contribution in [3.05, 3.63) is 74.8 Å². The Morgan fingerprint density at radius 1 is 1.20 bits per heavy atom. The van der Waals surface area contributed by atoms with Crippen LogP contribution in [0.4, 0.5) is 0 Å². The van der Waals surface area contributed by atoms with Gasteiger partial charge in [0.2, 0.25) is 5.88 Å². The van der Waals surface area contributed by atoms with Crippen molar-refractivity contribution >= 4 is 11.0 Å². The number of fused-ring (bicyclic) bond motifs is 1. The summed E-state index contributed by atoms with van der Waals surface area (Å²) < 4.78 is 13.1. The predicted molar refractivity (Wildman–Crippen MR) is 113 cm³/mol. The van der Waals surface area contributed by atoms with Crippen molar-refractivity contribution in [1.29, 1.82) is 0 Å². The lowest BCUT2D eigenvalue weighted by Gasteiger charge is -2.17. The number of aryl methyl sites for hydroxylation is 1. The third-order valence-corrected chi connectivity index (χ3v) is 5.58. The number of hydrogen-bond donors (Lipinski definition) is 1. The van der Waals surface area contributed by atoms with Crippen molar-refractivity contribution in [2.45, 2.75) is 33.2 Å². The summed E-state index contributed by atoms with van der Waals surface area (Å²) in [5.41, 5.74) is 2.96. The third-order valence-electron chi connectivity index (χ3n) is 5.58. The molecule has 7 heteroatoms. The molecular weight excluding hydrogens is 382 g/mol. The van der Waals surface area contributed by atoms with Gasteiger partial charge in [-0.15, -0.1) is 0 Å². The molecule has 0 spiro atoms. The number of aromatic nitrogens is 3. The molecule has 0 saturated heterocycles. The van der Waals surface area contributed by atoms with E-state index in [-0.39, 0.29) is 11.2 Å². The molecule has 1 fully saturated rings. The van der Waals surface area contributed by atoms with Crippen LogP contribution in [0.1, 0.15) is 24.0 Å². The average molecular weight is 403 g/mol. The fourth-order valence-corrected chi connectivity index (χ4v) is 3.78. The molecule has 1 saturated carbocycles. The third kappa shape index (κ3) is 3.22. The van der Waals surface area contributed by atoms with E-state index in [2.05, 4.69) is 9.97 Å². The highest BCUT2D eigenvalue weighted by atomic mass is 16.5. The Bertz CT molecular complexity index is 1380. The molecule has 30 heavy (non-hydrogen) atoms. The molecule has 0 radical (unpaired) electrons. The maximum Gasteiger partial charge on any atom is 0.328 e. The average Bonchev–Trinajstić information content (AvgIpc) is 3.40. The number of pyridine rings is 1. The van der Waals surface area contributed by atoms with E-state index in [0.29, 0.717) is 40.9 Å². The monoisotopic (exact) mass is 403 g/mol. The molecule has 3 heterocycles. The highest BCUT2D eigenvalue weighted by Gasteiger charge is 2.25. The Hall–Kier alpha value is -3.61. The maximum absolute atomic E-state index is 12.5. The molecule has 0 aliphatic heterocycles. The first-order chi connectivity index (χ1) is 14.5. The molecule has 3 aromatic heterocycles. The lowest BCUT2D eigenvalue weighted by molar-refractivity contribution is 0.468. The number of aromatic amines is 1. The minimum atomic E-state index is -0.358. The number of H-pyrrole nitrogens is 1. The second-order valence-electron chi connectivity index (χ2n) is 7.81. The molecule has 1 aliphatic carbocycles. The molecule has 0 bridgehead atoms. The summed E-state index contributed by atoms with van der Waals surface area (Å²) in [4.78, 5) is 31.6. The van der Waals surface area contributed by atoms with Crippen LogP contribution >= 0.6 is 0 Å². The minimum absolute atomic E-state index is 0.349. The van der Waals surface area contributed by atoms with Crippen LogP contribution in [0.5, 0.6) is 11.6 Å². The van der Waals surface area contributed by atoms with Crippen LogP contribution in [0.15, 0.2) is 56.8 Å². The summed E-state index contributed by atoms with van der Waals surface area (Å²) in [6.45, 7) is 4.32. The van der Waals surface area contributed by atoms with E-state index >= 15 is 0 Å². The summed E-state index contributed by atoms with van der Waals surface area (Å²) in [5.74, 6) is 1.58. The topological polar surface area (TPSA) is 90.1 Å². The van der Waals surface area contributed by atoms with E-state index in [1.54, 1.807) is 30.0 Å². The molecule has 1 aliphatic rings. The second kappa shape index (κ2) is 7.02. The van der Waals surface area contributed by atoms with E-state index in [9.17, 15) is 9.59 Å².